The molecule has 1 saturated carbocycles. The summed E-state index contributed by atoms with van der Waals surface area (Å²) in [6.45, 7) is 0. The first-order chi connectivity index (χ1) is 9.13. The van der Waals surface area contributed by atoms with E-state index in [4.69, 9.17) is 4.74 Å². The first-order valence-electron chi connectivity index (χ1n) is 6.68. The number of rotatable bonds is 3. The van der Waals surface area contributed by atoms with Gasteiger partial charge in [0.05, 0.1) is 7.11 Å². The lowest BCUT2D eigenvalue weighted by Crippen LogP contribution is -2.44. The van der Waals surface area contributed by atoms with Crippen molar-refractivity contribution in [2.45, 2.75) is 36.6 Å². The standard InChI is InChI=1S/C15H20BrNO2/c1-17(14-9-4-3-8-13(14)16)15(18)11-6-5-7-12(10-11)19-2/h5-7,10,13-14H,3-4,8-9H2,1-2H3. The van der Waals surface area contributed by atoms with Crippen LogP contribution in [0.2, 0.25) is 0 Å². The Morgan fingerprint density at radius 1 is 1.37 bits per heavy atom. The zero-order chi connectivity index (χ0) is 13.8. The molecular weight excluding hydrogens is 306 g/mol. The second-order valence-electron chi connectivity index (χ2n) is 5.02. The molecule has 2 unspecified atom stereocenters. The van der Waals surface area contributed by atoms with Gasteiger partial charge in [-0.25, -0.2) is 0 Å². The predicted molar refractivity (Wildman–Crippen MR) is 80.1 cm³/mol. The van der Waals surface area contributed by atoms with Crippen LogP contribution in [0, 0.1) is 0 Å². The third kappa shape index (κ3) is 3.30. The number of carbonyl (C=O) groups excluding carboxylic acids is 1. The fraction of sp³-hybridized carbons (Fsp3) is 0.533. The Morgan fingerprint density at radius 2 is 2.11 bits per heavy atom. The number of amides is 1. The molecule has 0 bridgehead atoms. The second-order valence-corrected chi connectivity index (χ2v) is 6.19. The second kappa shape index (κ2) is 6.42. The molecule has 104 valence electrons. The normalized spacial score (nSPS) is 22.9. The third-order valence-corrected chi connectivity index (χ3v) is 4.85. The van der Waals surface area contributed by atoms with Crippen molar-refractivity contribution >= 4 is 21.8 Å². The van der Waals surface area contributed by atoms with Gasteiger partial charge in [-0.05, 0) is 31.0 Å². The molecule has 1 aromatic carbocycles. The highest BCUT2D eigenvalue weighted by atomic mass is 79.9. The molecule has 1 aliphatic rings. The molecule has 0 spiro atoms. The number of benzene rings is 1. The number of halogens is 1. The first kappa shape index (κ1) is 14.4. The molecule has 0 N–H and O–H groups in total. The Bertz CT molecular complexity index is 450. The summed E-state index contributed by atoms with van der Waals surface area (Å²) in [6, 6.07) is 7.63. The van der Waals surface area contributed by atoms with E-state index in [2.05, 4.69) is 15.9 Å². The van der Waals surface area contributed by atoms with Gasteiger partial charge in [-0.3, -0.25) is 4.79 Å². The topological polar surface area (TPSA) is 29.5 Å². The molecule has 4 heteroatoms. The molecule has 0 heterocycles. The van der Waals surface area contributed by atoms with E-state index in [1.165, 1.54) is 12.8 Å². The summed E-state index contributed by atoms with van der Waals surface area (Å²) in [7, 11) is 3.51. The van der Waals surface area contributed by atoms with Crippen molar-refractivity contribution in [2.24, 2.45) is 0 Å². The smallest absolute Gasteiger partial charge is 0.254 e. The summed E-state index contributed by atoms with van der Waals surface area (Å²) in [5.41, 5.74) is 0.687. The number of ether oxygens (including phenoxy) is 1. The van der Waals surface area contributed by atoms with E-state index < -0.39 is 0 Å². The number of methoxy groups -OCH3 is 1. The lowest BCUT2D eigenvalue weighted by atomic mass is 9.94. The molecule has 1 aliphatic carbocycles. The van der Waals surface area contributed by atoms with Crippen LogP contribution in [0.25, 0.3) is 0 Å². The Labute approximate surface area is 123 Å². The van der Waals surface area contributed by atoms with Gasteiger partial charge in [0.1, 0.15) is 5.75 Å². The number of hydrogen-bond acceptors (Lipinski definition) is 2. The number of nitrogens with zero attached hydrogens (tertiary/aromatic N) is 1. The van der Waals surface area contributed by atoms with Gasteiger partial charge >= 0.3 is 0 Å². The summed E-state index contributed by atoms with van der Waals surface area (Å²) >= 11 is 3.71. The summed E-state index contributed by atoms with van der Waals surface area (Å²) in [6.07, 6.45) is 4.65. The van der Waals surface area contributed by atoms with Gasteiger partial charge in [-0.1, -0.05) is 34.8 Å². The van der Waals surface area contributed by atoms with Crippen LogP contribution in [0.3, 0.4) is 0 Å². The van der Waals surface area contributed by atoms with Gasteiger partial charge in [0.15, 0.2) is 0 Å². The Morgan fingerprint density at radius 3 is 2.79 bits per heavy atom. The number of carbonyl (C=O) groups is 1. The summed E-state index contributed by atoms with van der Waals surface area (Å²) in [5.74, 6) is 0.786. The van der Waals surface area contributed by atoms with Gasteiger partial charge in [0, 0.05) is 23.5 Å². The highest BCUT2D eigenvalue weighted by molar-refractivity contribution is 9.09. The van der Waals surface area contributed by atoms with Crippen LogP contribution in [0.15, 0.2) is 24.3 Å². The fourth-order valence-electron chi connectivity index (χ4n) is 2.61. The summed E-state index contributed by atoms with van der Waals surface area (Å²) < 4.78 is 5.17. The van der Waals surface area contributed by atoms with Crippen LogP contribution in [0.4, 0.5) is 0 Å². The van der Waals surface area contributed by atoms with Gasteiger partial charge in [0.2, 0.25) is 0 Å². The maximum absolute atomic E-state index is 12.5. The van der Waals surface area contributed by atoms with E-state index in [-0.39, 0.29) is 11.9 Å². The minimum Gasteiger partial charge on any atom is -0.497 e. The molecule has 2 atom stereocenters. The van der Waals surface area contributed by atoms with E-state index in [1.54, 1.807) is 13.2 Å². The number of hydrogen-bond donors (Lipinski definition) is 0. The maximum atomic E-state index is 12.5. The molecule has 0 radical (unpaired) electrons. The Balaban J connectivity index is 2.13. The van der Waals surface area contributed by atoms with E-state index >= 15 is 0 Å². The molecule has 1 aromatic rings. The van der Waals surface area contributed by atoms with Crippen molar-refractivity contribution in [1.82, 2.24) is 4.90 Å². The quantitative estimate of drug-likeness (QED) is 0.796. The summed E-state index contributed by atoms with van der Waals surface area (Å²) in [5, 5.41) is 0. The average Bonchev–Trinajstić information content (AvgIpc) is 2.46. The molecule has 0 aromatic heterocycles. The van der Waals surface area contributed by atoms with Gasteiger partial charge in [-0.2, -0.15) is 0 Å². The van der Waals surface area contributed by atoms with Crippen LogP contribution < -0.4 is 4.74 Å². The minimum atomic E-state index is 0.0650. The minimum absolute atomic E-state index is 0.0650. The van der Waals surface area contributed by atoms with Gasteiger partial charge < -0.3 is 9.64 Å². The first-order valence-corrected chi connectivity index (χ1v) is 7.60. The molecule has 1 amide bonds. The largest absolute Gasteiger partial charge is 0.497 e. The van der Waals surface area contributed by atoms with E-state index in [0.29, 0.717) is 10.4 Å². The molecule has 2 rings (SSSR count). The zero-order valence-electron chi connectivity index (χ0n) is 11.4. The molecule has 19 heavy (non-hydrogen) atoms. The summed E-state index contributed by atoms with van der Waals surface area (Å²) in [4.78, 5) is 14.8. The van der Waals surface area contributed by atoms with Crippen molar-refractivity contribution in [3.63, 3.8) is 0 Å². The maximum Gasteiger partial charge on any atom is 0.254 e. The molecule has 0 aliphatic heterocycles. The Hall–Kier alpha value is -1.03. The van der Waals surface area contributed by atoms with Crippen molar-refractivity contribution in [3.05, 3.63) is 29.8 Å². The van der Waals surface area contributed by atoms with Crippen molar-refractivity contribution in [1.29, 1.82) is 0 Å². The number of alkyl halides is 1. The highest BCUT2D eigenvalue weighted by Crippen LogP contribution is 2.29. The van der Waals surface area contributed by atoms with Gasteiger partial charge in [0.25, 0.3) is 5.91 Å². The zero-order valence-corrected chi connectivity index (χ0v) is 13.0. The SMILES string of the molecule is COc1cccc(C(=O)N(C)C2CCCCC2Br)c1. The highest BCUT2D eigenvalue weighted by Gasteiger charge is 2.29. The van der Waals surface area contributed by atoms with Crippen LogP contribution in [-0.2, 0) is 0 Å². The molecule has 0 saturated heterocycles. The molecule has 3 nitrogen and oxygen atoms in total. The average molecular weight is 326 g/mol. The van der Waals surface area contributed by atoms with Crippen molar-refractivity contribution in [3.8, 4) is 5.75 Å². The van der Waals surface area contributed by atoms with Gasteiger partial charge in [-0.15, -0.1) is 0 Å². The predicted octanol–water partition coefficient (Wildman–Crippen LogP) is 3.47. The lowest BCUT2D eigenvalue weighted by molar-refractivity contribution is 0.0704. The molecule has 1 fully saturated rings. The van der Waals surface area contributed by atoms with Crippen molar-refractivity contribution < 1.29 is 9.53 Å². The van der Waals surface area contributed by atoms with E-state index in [1.807, 2.05) is 30.1 Å². The molecular formula is C15H20BrNO2. The van der Waals surface area contributed by atoms with Crippen LogP contribution in [0.5, 0.6) is 5.75 Å². The van der Waals surface area contributed by atoms with Crippen LogP contribution in [-0.4, -0.2) is 35.8 Å². The van der Waals surface area contributed by atoms with Crippen LogP contribution >= 0.6 is 15.9 Å². The monoisotopic (exact) mass is 325 g/mol. The Kier molecular flexibility index (Phi) is 4.86. The van der Waals surface area contributed by atoms with Crippen LogP contribution in [0.1, 0.15) is 36.0 Å². The fourth-order valence-corrected chi connectivity index (χ4v) is 3.56. The van der Waals surface area contributed by atoms with E-state index in [9.17, 15) is 4.79 Å². The van der Waals surface area contributed by atoms with E-state index in [0.717, 1.165) is 18.6 Å². The lowest BCUT2D eigenvalue weighted by Gasteiger charge is -2.35. The third-order valence-electron chi connectivity index (χ3n) is 3.78. The van der Waals surface area contributed by atoms with Crippen molar-refractivity contribution in [2.75, 3.05) is 14.2 Å².